The van der Waals surface area contributed by atoms with E-state index in [9.17, 15) is 0 Å². The number of ether oxygens (including phenoxy) is 1. The van der Waals surface area contributed by atoms with Crippen LogP contribution < -0.4 is 5.73 Å². The van der Waals surface area contributed by atoms with E-state index in [1.165, 1.54) is 32.2 Å². The maximum absolute atomic E-state index is 5.83. The number of hydrogen-bond acceptors (Lipinski definition) is 3. The van der Waals surface area contributed by atoms with Crippen molar-refractivity contribution in [2.24, 2.45) is 5.73 Å². The highest BCUT2D eigenvalue weighted by atomic mass is 16.5. The van der Waals surface area contributed by atoms with E-state index in [4.69, 9.17) is 10.5 Å². The lowest BCUT2D eigenvalue weighted by molar-refractivity contribution is -0.0196. The van der Waals surface area contributed by atoms with Gasteiger partial charge in [-0.15, -0.1) is 0 Å². The molecule has 0 aromatic heterocycles. The van der Waals surface area contributed by atoms with Gasteiger partial charge in [0, 0.05) is 32.3 Å². The molecule has 0 aromatic carbocycles. The number of piperidine rings is 1. The number of likely N-dealkylation sites (tertiary alicyclic amines) is 1. The Hall–Kier alpha value is -0.120. The average molecular weight is 198 g/mol. The van der Waals surface area contributed by atoms with Crippen LogP contribution in [-0.2, 0) is 4.74 Å². The molecule has 2 rings (SSSR count). The van der Waals surface area contributed by atoms with Crippen LogP contribution in [-0.4, -0.2) is 43.3 Å². The Kier molecular flexibility index (Phi) is 3.42. The molecule has 2 unspecified atom stereocenters. The fourth-order valence-corrected chi connectivity index (χ4v) is 2.68. The predicted molar refractivity (Wildman–Crippen MR) is 57.2 cm³/mol. The topological polar surface area (TPSA) is 38.5 Å². The zero-order valence-electron chi connectivity index (χ0n) is 9.11. The van der Waals surface area contributed by atoms with Gasteiger partial charge in [0.15, 0.2) is 0 Å². The summed E-state index contributed by atoms with van der Waals surface area (Å²) in [7, 11) is 1.82. The van der Waals surface area contributed by atoms with Crippen LogP contribution in [0, 0.1) is 0 Å². The molecule has 2 N–H and O–H groups in total. The average Bonchev–Trinajstić information content (AvgIpc) is 2.16. The molecule has 0 amide bonds. The minimum absolute atomic E-state index is 0.444. The largest absolute Gasteiger partial charge is 0.381 e. The highest BCUT2D eigenvalue weighted by Gasteiger charge is 2.34. The first kappa shape index (κ1) is 10.4. The van der Waals surface area contributed by atoms with Gasteiger partial charge in [-0.3, -0.25) is 4.90 Å². The van der Waals surface area contributed by atoms with E-state index in [-0.39, 0.29) is 0 Å². The summed E-state index contributed by atoms with van der Waals surface area (Å²) >= 11 is 0. The molecule has 1 heterocycles. The van der Waals surface area contributed by atoms with Crippen LogP contribution in [0.2, 0.25) is 0 Å². The van der Waals surface area contributed by atoms with E-state index in [1.54, 1.807) is 0 Å². The van der Waals surface area contributed by atoms with Crippen LogP contribution in [0.5, 0.6) is 0 Å². The van der Waals surface area contributed by atoms with E-state index in [1.807, 2.05) is 7.11 Å². The number of rotatable bonds is 3. The molecule has 1 saturated carbocycles. The summed E-state index contributed by atoms with van der Waals surface area (Å²) < 4.78 is 5.42. The van der Waals surface area contributed by atoms with Gasteiger partial charge in [0.1, 0.15) is 0 Å². The first-order valence-electron chi connectivity index (χ1n) is 5.83. The van der Waals surface area contributed by atoms with Crippen molar-refractivity contribution in [2.75, 3.05) is 20.2 Å². The number of nitrogens with two attached hydrogens (primary N) is 1. The molecule has 1 aliphatic heterocycles. The monoisotopic (exact) mass is 198 g/mol. The van der Waals surface area contributed by atoms with Crippen LogP contribution >= 0.6 is 0 Å². The Bertz CT molecular complexity index is 182. The van der Waals surface area contributed by atoms with Gasteiger partial charge in [-0.25, -0.2) is 0 Å². The van der Waals surface area contributed by atoms with Crippen molar-refractivity contribution >= 4 is 0 Å². The second-order valence-electron chi connectivity index (χ2n) is 4.59. The van der Waals surface area contributed by atoms with Gasteiger partial charge in [0.05, 0.1) is 6.10 Å². The second-order valence-corrected chi connectivity index (χ2v) is 4.59. The van der Waals surface area contributed by atoms with Crippen molar-refractivity contribution in [3.05, 3.63) is 0 Å². The molecule has 0 radical (unpaired) electrons. The van der Waals surface area contributed by atoms with Gasteiger partial charge in [0.25, 0.3) is 0 Å². The van der Waals surface area contributed by atoms with Crippen molar-refractivity contribution in [3.8, 4) is 0 Å². The summed E-state index contributed by atoms with van der Waals surface area (Å²) in [6.45, 7) is 1.97. The van der Waals surface area contributed by atoms with E-state index in [0.717, 1.165) is 19.0 Å². The quantitative estimate of drug-likeness (QED) is 0.734. The Morgan fingerprint density at radius 2 is 2.14 bits per heavy atom. The molecule has 3 nitrogen and oxygen atoms in total. The molecular weight excluding hydrogens is 176 g/mol. The van der Waals surface area contributed by atoms with Crippen LogP contribution in [0.15, 0.2) is 0 Å². The van der Waals surface area contributed by atoms with Crippen molar-refractivity contribution in [1.82, 2.24) is 4.90 Å². The van der Waals surface area contributed by atoms with Crippen LogP contribution in [0.3, 0.4) is 0 Å². The predicted octanol–water partition coefficient (Wildman–Crippen LogP) is 0.977. The summed E-state index contributed by atoms with van der Waals surface area (Å²) in [5, 5.41) is 0. The van der Waals surface area contributed by atoms with Crippen LogP contribution in [0.4, 0.5) is 0 Å². The zero-order valence-corrected chi connectivity index (χ0v) is 9.11. The first-order chi connectivity index (χ1) is 6.85. The summed E-state index contributed by atoms with van der Waals surface area (Å²) in [6.07, 6.45) is 6.93. The van der Waals surface area contributed by atoms with Crippen molar-refractivity contribution in [3.63, 3.8) is 0 Å². The molecule has 0 spiro atoms. The van der Waals surface area contributed by atoms with E-state index in [0.29, 0.717) is 12.1 Å². The zero-order chi connectivity index (χ0) is 9.97. The van der Waals surface area contributed by atoms with Crippen LogP contribution in [0.1, 0.15) is 32.1 Å². The summed E-state index contributed by atoms with van der Waals surface area (Å²) in [5.74, 6) is 0. The molecule has 1 aliphatic carbocycles. The lowest BCUT2D eigenvalue weighted by atomic mass is 9.87. The number of methoxy groups -OCH3 is 1. The van der Waals surface area contributed by atoms with Crippen LogP contribution in [0.25, 0.3) is 0 Å². The van der Waals surface area contributed by atoms with Crippen molar-refractivity contribution in [2.45, 2.75) is 50.3 Å². The van der Waals surface area contributed by atoms with Crippen molar-refractivity contribution in [1.29, 1.82) is 0 Å². The summed E-state index contributed by atoms with van der Waals surface area (Å²) in [6, 6.07) is 1.40. The van der Waals surface area contributed by atoms with Gasteiger partial charge in [-0.05, 0) is 25.7 Å². The molecular formula is C11H22N2O. The first-order valence-corrected chi connectivity index (χ1v) is 5.83. The maximum atomic E-state index is 5.83. The lowest BCUT2D eigenvalue weighted by Crippen LogP contribution is -2.54. The van der Waals surface area contributed by atoms with Gasteiger partial charge >= 0.3 is 0 Å². The van der Waals surface area contributed by atoms with E-state index < -0.39 is 0 Å². The molecule has 0 bridgehead atoms. The van der Waals surface area contributed by atoms with E-state index >= 15 is 0 Å². The smallest absolute Gasteiger partial charge is 0.0599 e. The van der Waals surface area contributed by atoms with Gasteiger partial charge in [-0.2, -0.15) is 0 Å². The van der Waals surface area contributed by atoms with E-state index in [2.05, 4.69) is 4.90 Å². The Labute approximate surface area is 86.6 Å². The highest BCUT2D eigenvalue weighted by molar-refractivity contribution is 4.90. The maximum Gasteiger partial charge on any atom is 0.0599 e. The minimum atomic E-state index is 0.444. The SMILES string of the molecule is COC1CCN(C2CCC2)C(CN)C1. The fraction of sp³-hybridized carbons (Fsp3) is 1.00. The summed E-state index contributed by atoms with van der Waals surface area (Å²) in [5.41, 5.74) is 5.83. The molecule has 2 atom stereocenters. The highest BCUT2D eigenvalue weighted by Crippen LogP contribution is 2.30. The Morgan fingerprint density at radius 1 is 1.36 bits per heavy atom. The fourth-order valence-electron chi connectivity index (χ4n) is 2.68. The van der Waals surface area contributed by atoms with Gasteiger partial charge in [-0.1, -0.05) is 6.42 Å². The molecule has 1 saturated heterocycles. The molecule has 14 heavy (non-hydrogen) atoms. The standard InChI is InChI=1S/C11H22N2O/c1-14-11-5-6-13(9-3-2-4-9)10(7-11)8-12/h9-11H,2-8,12H2,1H3. The van der Waals surface area contributed by atoms with Crippen molar-refractivity contribution < 1.29 is 4.74 Å². The molecule has 0 aromatic rings. The van der Waals surface area contributed by atoms with Gasteiger partial charge < -0.3 is 10.5 Å². The third kappa shape index (κ3) is 1.95. The van der Waals surface area contributed by atoms with Gasteiger partial charge in [0.2, 0.25) is 0 Å². The summed E-state index contributed by atoms with van der Waals surface area (Å²) in [4.78, 5) is 2.62. The third-order valence-corrected chi connectivity index (χ3v) is 3.86. The number of nitrogens with zero attached hydrogens (tertiary/aromatic N) is 1. The normalized spacial score (nSPS) is 35.6. The Morgan fingerprint density at radius 3 is 2.64 bits per heavy atom. The number of hydrogen-bond donors (Lipinski definition) is 1. The molecule has 2 fully saturated rings. The molecule has 82 valence electrons. The Balaban J connectivity index is 1.90. The second kappa shape index (κ2) is 4.60. The lowest BCUT2D eigenvalue weighted by Gasteiger charge is -2.46. The molecule has 2 aliphatic rings. The third-order valence-electron chi connectivity index (χ3n) is 3.86. The minimum Gasteiger partial charge on any atom is -0.381 e. The molecule has 3 heteroatoms.